The van der Waals surface area contributed by atoms with E-state index < -0.39 is 5.82 Å². The zero-order valence-electron chi connectivity index (χ0n) is 8.84. The van der Waals surface area contributed by atoms with Crippen molar-refractivity contribution in [2.45, 2.75) is 20.0 Å². The van der Waals surface area contributed by atoms with Gasteiger partial charge in [-0.3, -0.25) is 0 Å². The second-order valence-corrected chi connectivity index (χ2v) is 4.12. The largest absolute Gasteiger partial charge is 0.489 e. The van der Waals surface area contributed by atoms with Crippen molar-refractivity contribution in [2.24, 2.45) is 11.7 Å². The number of rotatable bonds is 4. The number of benzene rings is 1. The van der Waals surface area contributed by atoms with Crippen LogP contribution in [0.5, 0.6) is 5.75 Å². The third kappa shape index (κ3) is 3.36. The van der Waals surface area contributed by atoms with Crippen LogP contribution < -0.4 is 10.5 Å². The first-order valence-corrected chi connectivity index (χ1v) is 5.24. The molecule has 4 heteroatoms. The van der Waals surface area contributed by atoms with E-state index >= 15 is 0 Å². The average Bonchev–Trinajstić information content (AvgIpc) is 2.19. The van der Waals surface area contributed by atoms with Crippen LogP contribution in [-0.2, 0) is 0 Å². The van der Waals surface area contributed by atoms with E-state index in [0.29, 0.717) is 12.3 Å². The summed E-state index contributed by atoms with van der Waals surface area (Å²) in [5, 5.41) is 0.0937. The Hall–Kier alpha value is -0.800. The standard InChI is InChI=1S/C11H15ClFNO/c1-7(2)11(6-14)15-8-3-4-9(12)10(13)5-8/h3-5,7,11H,6,14H2,1-2H3. The van der Waals surface area contributed by atoms with Gasteiger partial charge in [0.15, 0.2) is 0 Å². The number of hydrogen-bond acceptors (Lipinski definition) is 2. The number of nitrogens with two attached hydrogens (primary N) is 1. The normalized spacial score (nSPS) is 12.9. The van der Waals surface area contributed by atoms with E-state index in [4.69, 9.17) is 22.1 Å². The summed E-state index contributed by atoms with van der Waals surface area (Å²) in [4.78, 5) is 0. The molecule has 84 valence electrons. The van der Waals surface area contributed by atoms with Gasteiger partial charge in [-0.2, -0.15) is 0 Å². The maximum absolute atomic E-state index is 13.1. The molecule has 1 rings (SSSR count). The third-order valence-corrected chi connectivity index (χ3v) is 2.46. The second-order valence-electron chi connectivity index (χ2n) is 3.71. The summed E-state index contributed by atoms with van der Waals surface area (Å²) in [7, 11) is 0. The van der Waals surface area contributed by atoms with Crippen LogP contribution in [0.25, 0.3) is 0 Å². The molecule has 0 aliphatic carbocycles. The van der Waals surface area contributed by atoms with Crippen LogP contribution in [0.1, 0.15) is 13.8 Å². The Labute approximate surface area is 94.2 Å². The van der Waals surface area contributed by atoms with Gasteiger partial charge in [-0.1, -0.05) is 25.4 Å². The molecule has 0 heterocycles. The molecule has 1 unspecified atom stereocenters. The molecule has 0 saturated carbocycles. The molecule has 0 saturated heterocycles. The lowest BCUT2D eigenvalue weighted by Crippen LogP contribution is -2.31. The lowest BCUT2D eigenvalue weighted by Gasteiger charge is -2.20. The van der Waals surface area contributed by atoms with Crippen LogP contribution >= 0.6 is 11.6 Å². The molecule has 1 aromatic carbocycles. The highest BCUT2D eigenvalue weighted by atomic mass is 35.5. The van der Waals surface area contributed by atoms with E-state index in [1.807, 2.05) is 13.8 Å². The first-order chi connectivity index (χ1) is 7.04. The summed E-state index contributed by atoms with van der Waals surface area (Å²) in [6.45, 7) is 4.41. The van der Waals surface area contributed by atoms with Crippen LogP contribution in [0.15, 0.2) is 18.2 Å². The summed E-state index contributed by atoms with van der Waals surface area (Å²) in [5.41, 5.74) is 5.54. The highest BCUT2D eigenvalue weighted by Crippen LogP contribution is 2.22. The van der Waals surface area contributed by atoms with E-state index in [1.165, 1.54) is 12.1 Å². The average molecular weight is 232 g/mol. The fraction of sp³-hybridized carbons (Fsp3) is 0.455. The topological polar surface area (TPSA) is 35.2 Å². The molecule has 2 N–H and O–H groups in total. The van der Waals surface area contributed by atoms with Gasteiger partial charge in [0.25, 0.3) is 0 Å². The summed E-state index contributed by atoms with van der Waals surface area (Å²) < 4.78 is 18.6. The monoisotopic (exact) mass is 231 g/mol. The van der Waals surface area contributed by atoms with E-state index in [-0.39, 0.29) is 17.0 Å². The van der Waals surface area contributed by atoms with E-state index in [2.05, 4.69) is 0 Å². The molecule has 2 nitrogen and oxygen atoms in total. The van der Waals surface area contributed by atoms with Crippen molar-refractivity contribution in [3.63, 3.8) is 0 Å². The number of hydrogen-bond donors (Lipinski definition) is 1. The Bertz CT molecular complexity index is 330. The zero-order valence-corrected chi connectivity index (χ0v) is 9.59. The molecular formula is C11H15ClFNO. The Morgan fingerprint density at radius 1 is 1.47 bits per heavy atom. The second kappa shape index (κ2) is 5.33. The van der Waals surface area contributed by atoms with Gasteiger partial charge in [-0.15, -0.1) is 0 Å². The lowest BCUT2D eigenvalue weighted by molar-refractivity contribution is 0.159. The highest BCUT2D eigenvalue weighted by Gasteiger charge is 2.13. The Balaban J connectivity index is 2.75. The van der Waals surface area contributed by atoms with Crippen molar-refractivity contribution in [1.82, 2.24) is 0 Å². The molecule has 0 aromatic heterocycles. The summed E-state index contributed by atoms with van der Waals surface area (Å²) >= 11 is 5.56. The first kappa shape index (κ1) is 12.3. The van der Waals surface area contributed by atoms with Crippen LogP contribution in [0, 0.1) is 11.7 Å². The smallest absolute Gasteiger partial charge is 0.145 e. The SMILES string of the molecule is CC(C)C(CN)Oc1ccc(Cl)c(F)c1. The fourth-order valence-electron chi connectivity index (χ4n) is 1.18. The molecule has 0 aliphatic heterocycles. The van der Waals surface area contributed by atoms with Crippen molar-refractivity contribution in [3.8, 4) is 5.75 Å². The van der Waals surface area contributed by atoms with Crippen molar-refractivity contribution in [1.29, 1.82) is 0 Å². The third-order valence-electron chi connectivity index (χ3n) is 2.15. The van der Waals surface area contributed by atoms with E-state index in [0.717, 1.165) is 0 Å². The van der Waals surface area contributed by atoms with Gasteiger partial charge >= 0.3 is 0 Å². The van der Waals surface area contributed by atoms with Gasteiger partial charge < -0.3 is 10.5 Å². The van der Waals surface area contributed by atoms with Crippen molar-refractivity contribution in [2.75, 3.05) is 6.54 Å². The van der Waals surface area contributed by atoms with Crippen molar-refractivity contribution >= 4 is 11.6 Å². The Morgan fingerprint density at radius 2 is 2.13 bits per heavy atom. The summed E-state index contributed by atoms with van der Waals surface area (Å²) in [6, 6.07) is 4.38. The lowest BCUT2D eigenvalue weighted by atomic mass is 10.1. The van der Waals surface area contributed by atoms with Gasteiger partial charge in [0.1, 0.15) is 17.7 Å². The molecule has 15 heavy (non-hydrogen) atoms. The van der Waals surface area contributed by atoms with Gasteiger partial charge in [0, 0.05) is 12.6 Å². The van der Waals surface area contributed by atoms with E-state index in [1.54, 1.807) is 6.07 Å². The number of ether oxygens (including phenoxy) is 1. The van der Waals surface area contributed by atoms with Gasteiger partial charge in [-0.25, -0.2) is 4.39 Å². The quantitative estimate of drug-likeness (QED) is 0.865. The minimum absolute atomic E-state index is 0.0937. The Morgan fingerprint density at radius 3 is 2.60 bits per heavy atom. The first-order valence-electron chi connectivity index (χ1n) is 4.86. The molecule has 0 aliphatic rings. The van der Waals surface area contributed by atoms with Gasteiger partial charge in [0.05, 0.1) is 5.02 Å². The van der Waals surface area contributed by atoms with Crippen LogP contribution in [0.4, 0.5) is 4.39 Å². The van der Waals surface area contributed by atoms with E-state index in [9.17, 15) is 4.39 Å². The summed E-state index contributed by atoms with van der Waals surface area (Å²) in [5.74, 6) is 0.267. The van der Waals surface area contributed by atoms with Crippen molar-refractivity contribution < 1.29 is 9.13 Å². The molecule has 1 atom stereocenters. The predicted octanol–water partition coefficient (Wildman–Crippen LogP) is 2.84. The maximum atomic E-state index is 13.1. The Kier molecular flexibility index (Phi) is 4.36. The minimum atomic E-state index is -0.478. The predicted molar refractivity (Wildman–Crippen MR) is 59.7 cm³/mol. The molecule has 1 aromatic rings. The van der Waals surface area contributed by atoms with Gasteiger partial charge in [-0.05, 0) is 18.1 Å². The summed E-state index contributed by atoms with van der Waals surface area (Å²) in [6.07, 6.45) is -0.106. The van der Waals surface area contributed by atoms with Crippen molar-refractivity contribution in [3.05, 3.63) is 29.0 Å². The molecule has 0 amide bonds. The molecule has 0 radical (unpaired) electrons. The number of halogens is 2. The fourth-order valence-corrected chi connectivity index (χ4v) is 1.30. The van der Waals surface area contributed by atoms with Crippen LogP contribution in [-0.4, -0.2) is 12.6 Å². The molecule has 0 fully saturated rings. The molecule has 0 spiro atoms. The van der Waals surface area contributed by atoms with Crippen LogP contribution in [0.3, 0.4) is 0 Å². The van der Waals surface area contributed by atoms with Crippen LogP contribution in [0.2, 0.25) is 5.02 Å². The highest BCUT2D eigenvalue weighted by molar-refractivity contribution is 6.30. The zero-order chi connectivity index (χ0) is 11.4. The minimum Gasteiger partial charge on any atom is -0.489 e. The molecular weight excluding hydrogens is 217 g/mol. The molecule has 0 bridgehead atoms. The van der Waals surface area contributed by atoms with Gasteiger partial charge in [0.2, 0.25) is 0 Å². The maximum Gasteiger partial charge on any atom is 0.145 e.